The lowest BCUT2D eigenvalue weighted by molar-refractivity contribution is -0.122. The molecule has 2 N–H and O–H groups in total. The van der Waals surface area contributed by atoms with E-state index in [9.17, 15) is 19.2 Å². The predicted octanol–water partition coefficient (Wildman–Crippen LogP) is 4.67. The number of aromatic amines is 1. The van der Waals surface area contributed by atoms with Crippen LogP contribution < -0.4 is 34.0 Å². The zero-order valence-corrected chi connectivity index (χ0v) is 26.2. The summed E-state index contributed by atoms with van der Waals surface area (Å²) in [5.74, 6) is -0.450. The van der Waals surface area contributed by atoms with Crippen molar-refractivity contribution in [1.82, 2.24) is 4.98 Å². The molecular formula is C32H29N3O8S2. The molecule has 1 saturated heterocycles. The van der Waals surface area contributed by atoms with Crippen LogP contribution >= 0.6 is 23.1 Å². The maximum atomic E-state index is 14.0. The first kappa shape index (κ1) is 30.3. The van der Waals surface area contributed by atoms with Gasteiger partial charge in [-0.25, -0.2) is 4.90 Å². The Balaban J connectivity index is 1.28. The van der Waals surface area contributed by atoms with Gasteiger partial charge < -0.3 is 29.2 Å². The Hall–Kier alpha value is -4.75. The number of thiazole rings is 1. The number of H-pyrrole nitrogens is 1. The van der Waals surface area contributed by atoms with Crippen LogP contribution in [0.1, 0.15) is 23.3 Å². The van der Waals surface area contributed by atoms with Gasteiger partial charge in [-0.05, 0) is 73.2 Å². The van der Waals surface area contributed by atoms with Crippen LogP contribution in [-0.4, -0.2) is 55.4 Å². The minimum atomic E-state index is -0.764. The number of rotatable bonds is 10. The molecular weight excluding hydrogens is 618 g/mol. The highest BCUT2D eigenvalue weighted by molar-refractivity contribution is 8.00. The molecule has 3 amide bonds. The van der Waals surface area contributed by atoms with E-state index in [0.29, 0.717) is 56.4 Å². The van der Waals surface area contributed by atoms with E-state index >= 15 is 0 Å². The van der Waals surface area contributed by atoms with E-state index in [4.69, 9.17) is 18.9 Å². The van der Waals surface area contributed by atoms with E-state index in [-0.39, 0.29) is 29.2 Å². The third-order valence-corrected chi connectivity index (χ3v) is 9.91. The molecule has 0 bridgehead atoms. The zero-order valence-electron chi connectivity index (χ0n) is 24.5. The van der Waals surface area contributed by atoms with Gasteiger partial charge in [-0.3, -0.25) is 19.2 Å². The number of methoxy groups -OCH3 is 2. The van der Waals surface area contributed by atoms with Gasteiger partial charge in [0.2, 0.25) is 11.8 Å². The lowest BCUT2D eigenvalue weighted by Crippen LogP contribution is -2.32. The molecule has 0 spiro atoms. The molecule has 45 heavy (non-hydrogen) atoms. The van der Waals surface area contributed by atoms with Crippen molar-refractivity contribution < 1.29 is 33.3 Å². The van der Waals surface area contributed by atoms with Crippen molar-refractivity contribution in [2.45, 2.75) is 23.1 Å². The fraction of sp³-hybridized carbons (Fsp3) is 0.250. The predicted molar refractivity (Wildman–Crippen MR) is 170 cm³/mol. The Bertz CT molecular complexity index is 1800. The fourth-order valence-electron chi connectivity index (χ4n) is 5.48. The number of carbonyl (C=O) groups excluding carboxylic acids is 3. The van der Waals surface area contributed by atoms with E-state index in [0.717, 1.165) is 11.3 Å². The number of anilines is 2. The van der Waals surface area contributed by atoms with Crippen molar-refractivity contribution in [1.29, 1.82) is 0 Å². The number of hydrogen-bond donors (Lipinski definition) is 2. The van der Waals surface area contributed by atoms with Crippen LogP contribution in [0, 0.1) is 5.92 Å². The van der Waals surface area contributed by atoms with E-state index < -0.39 is 17.1 Å². The molecule has 3 heterocycles. The maximum absolute atomic E-state index is 14.0. The summed E-state index contributed by atoms with van der Waals surface area (Å²) >= 11 is 2.23. The molecule has 0 aliphatic carbocycles. The molecule has 2 aliphatic heterocycles. The SMILES string of the molecule is CCOc1cc([C@@H]2c3sc(=O)[nH]c3S[C@H]3C(=O)N(c4ccc(OC)cc4)C(=O)[C@@H]23)ccc1OCC(=O)Nc1ccc(OC)cc1. The van der Waals surface area contributed by atoms with Gasteiger partial charge in [0.15, 0.2) is 18.1 Å². The molecule has 6 rings (SSSR count). The molecule has 13 heteroatoms. The minimum absolute atomic E-state index is 0.266. The monoisotopic (exact) mass is 647 g/mol. The van der Waals surface area contributed by atoms with Crippen LogP contribution in [-0.2, 0) is 14.4 Å². The van der Waals surface area contributed by atoms with Crippen LogP contribution in [0.15, 0.2) is 76.6 Å². The highest BCUT2D eigenvalue weighted by Gasteiger charge is 2.56. The Kier molecular flexibility index (Phi) is 8.55. The average molecular weight is 648 g/mol. The molecule has 1 fully saturated rings. The second kappa shape index (κ2) is 12.7. The van der Waals surface area contributed by atoms with Crippen LogP contribution in [0.5, 0.6) is 23.0 Å². The number of nitrogens with zero attached hydrogens (tertiary/aromatic N) is 1. The number of thioether (sulfide) groups is 1. The first-order valence-corrected chi connectivity index (χ1v) is 15.8. The standard InChI is InChI=1S/C32H29N3O8S2/c1-4-42-23-15-17(5-14-22(23)43-16-24(36)33-18-6-10-20(40-2)11-7-18)25-26-28(44-29-27(25)45-32(39)34-29)31(38)35(30(26)37)19-8-12-21(41-3)13-9-19/h5-15,25-26,28H,4,16H2,1-3H3,(H,33,36)(H,34,39)/t25-,26-,28+/m0/s1. The number of ether oxygens (including phenoxy) is 4. The number of imide groups is 1. The van der Waals surface area contributed by atoms with Crippen molar-refractivity contribution in [2.24, 2.45) is 5.92 Å². The van der Waals surface area contributed by atoms with Crippen LogP contribution in [0.4, 0.5) is 11.4 Å². The van der Waals surface area contributed by atoms with Crippen LogP contribution in [0.25, 0.3) is 0 Å². The molecule has 3 atom stereocenters. The fourth-order valence-corrected chi connectivity index (χ4v) is 8.00. The highest BCUT2D eigenvalue weighted by atomic mass is 32.2. The number of amides is 3. The lowest BCUT2D eigenvalue weighted by atomic mass is 9.83. The maximum Gasteiger partial charge on any atom is 0.305 e. The molecule has 0 unspecified atom stereocenters. The van der Waals surface area contributed by atoms with Gasteiger partial charge in [0.1, 0.15) is 16.7 Å². The minimum Gasteiger partial charge on any atom is -0.497 e. The van der Waals surface area contributed by atoms with Crippen LogP contribution in [0.2, 0.25) is 0 Å². The third-order valence-electron chi connectivity index (χ3n) is 7.51. The van der Waals surface area contributed by atoms with Gasteiger partial charge in [0.25, 0.3) is 5.91 Å². The van der Waals surface area contributed by atoms with E-state index in [2.05, 4.69) is 10.3 Å². The first-order valence-electron chi connectivity index (χ1n) is 14.1. The number of hydrogen-bond acceptors (Lipinski definition) is 10. The number of carbonyl (C=O) groups is 3. The van der Waals surface area contributed by atoms with Crippen molar-refractivity contribution >= 4 is 52.2 Å². The van der Waals surface area contributed by atoms with E-state index in [1.807, 2.05) is 6.92 Å². The van der Waals surface area contributed by atoms with Crippen LogP contribution in [0.3, 0.4) is 0 Å². The summed E-state index contributed by atoms with van der Waals surface area (Å²) in [6.07, 6.45) is 0. The molecule has 1 aromatic heterocycles. The van der Waals surface area contributed by atoms with Crippen molar-refractivity contribution in [2.75, 3.05) is 37.7 Å². The van der Waals surface area contributed by atoms with E-state index in [1.54, 1.807) is 80.9 Å². The Morgan fingerprint density at radius 2 is 1.58 bits per heavy atom. The van der Waals surface area contributed by atoms with Gasteiger partial charge in [0, 0.05) is 16.5 Å². The molecule has 2 aliphatic rings. The summed E-state index contributed by atoms with van der Waals surface area (Å²) in [7, 11) is 3.11. The normalized spacial score (nSPS) is 18.6. The second-order valence-corrected chi connectivity index (χ2v) is 12.3. The van der Waals surface area contributed by atoms with Gasteiger partial charge >= 0.3 is 4.87 Å². The quantitative estimate of drug-likeness (QED) is 0.236. The summed E-state index contributed by atoms with van der Waals surface area (Å²) in [4.78, 5) is 57.3. The molecule has 11 nitrogen and oxygen atoms in total. The summed E-state index contributed by atoms with van der Waals surface area (Å²) in [6.45, 7) is 1.86. The van der Waals surface area contributed by atoms with Crippen molar-refractivity contribution in [3.63, 3.8) is 0 Å². The smallest absolute Gasteiger partial charge is 0.305 e. The molecule has 4 aromatic rings. The van der Waals surface area contributed by atoms with Gasteiger partial charge in [0.05, 0.1) is 37.5 Å². The largest absolute Gasteiger partial charge is 0.497 e. The zero-order chi connectivity index (χ0) is 31.7. The average Bonchev–Trinajstić information content (AvgIpc) is 3.54. The topological polar surface area (TPSA) is 136 Å². The summed E-state index contributed by atoms with van der Waals surface area (Å²) in [5, 5.41) is 2.61. The summed E-state index contributed by atoms with van der Waals surface area (Å²) < 4.78 is 22.1. The third kappa shape index (κ3) is 5.88. The number of fused-ring (bicyclic) bond motifs is 2. The van der Waals surface area contributed by atoms with Crippen molar-refractivity contribution in [3.8, 4) is 23.0 Å². The van der Waals surface area contributed by atoms with Gasteiger partial charge in [-0.2, -0.15) is 0 Å². The summed E-state index contributed by atoms with van der Waals surface area (Å²) in [6, 6.07) is 18.9. The van der Waals surface area contributed by atoms with Crippen molar-refractivity contribution in [3.05, 3.63) is 86.8 Å². The number of nitrogens with one attached hydrogen (secondary N) is 2. The Morgan fingerprint density at radius 3 is 2.24 bits per heavy atom. The highest BCUT2D eigenvalue weighted by Crippen LogP contribution is 2.53. The summed E-state index contributed by atoms with van der Waals surface area (Å²) in [5.41, 5.74) is 1.72. The number of aromatic nitrogens is 1. The lowest BCUT2D eigenvalue weighted by Gasteiger charge is -2.30. The Labute approximate surface area is 266 Å². The molecule has 0 saturated carbocycles. The van der Waals surface area contributed by atoms with Gasteiger partial charge in [-0.1, -0.05) is 29.2 Å². The molecule has 0 radical (unpaired) electrons. The molecule has 3 aromatic carbocycles. The first-order chi connectivity index (χ1) is 21.8. The molecule has 232 valence electrons. The second-order valence-electron chi connectivity index (χ2n) is 10.2. The number of benzene rings is 3. The Morgan fingerprint density at radius 1 is 0.889 bits per heavy atom. The van der Waals surface area contributed by atoms with E-state index in [1.165, 1.54) is 16.7 Å². The van der Waals surface area contributed by atoms with Gasteiger partial charge in [-0.15, -0.1) is 0 Å².